The van der Waals surface area contributed by atoms with E-state index in [1.54, 1.807) is 7.11 Å². The first-order valence-electron chi connectivity index (χ1n) is 6.71. The summed E-state index contributed by atoms with van der Waals surface area (Å²) < 4.78 is 5.32. The van der Waals surface area contributed by atoms with Gasteiger partial charge in [0, 0.05) is 5.02 Å². The number of methoxy groups -OCH3 is 1. The summed E-state index contributed by atoms with van der Waals surface area (Å²) in [7, 11) is 1.67. The van der Waals surface area contributed by atoms with Gasteiger partial charge < -0.3 is 9.84 Å². The highest BCUT2D eigenvalue weighted by molar-refractivity contribution is 6.30. The van der Waals surface area contributed by atoms with Gasteiger partial charge in [0.05, 0.1) is 13.2 Å². The molecule has 18 heavy (non-hydrogen) atoms. The number of aliphatic hydroxyl groups is 1. The van der Waals surface area contributed by atoms with Gasteiger partial charge in [-0.3, -0.25) is 0 Å². The number of rotatable bonds is 5. The molecule has 1 N–H and O–H groups in total. The maximum Gasteiger partial charge on any atom is 0.122 e. The zero-order valence-electron chi connectivity index (χ0n) is 10.9. The van der Waals surface area contributed by atoms with Gasteiger partial charge >= 0.3 is 0 Å². The molecule has 0 aromatic heterocycles. The van der Waals surface area contributed by atoms with Crippen molar-refractivity contribution in [2.75, 3.05) is 7.11 Å². The molecule has 0 amide bonds. The van der Waals surface area contributed by atoms with E-state index in [-0.39, 0.29) is 6.10 Å². The van der Waals surface area contributed by atoms with E-state index in [9.17, 15) is 5.11 Å². The number of ether oxygens (including phenoxy) is 1. The van der Waals surface area contributed by atoms with E-state index in [4.69, 9.17) is 16.3 Å². The summed E-state index contributed by atoms with van der Waals surface area (Å²) in [6.07, 6.45) is 6.31. The molecule has 1 fully saturated rings. The van der Waals surface area contributed by atoms with E-state index >= 15 is 0 Å². The van der Waals surface area contributed by atoms with Crippen molar-refractivity contribution < 1.29 is 9.84 Å². The topological polar surface area (TPSA) is 29.5 Å². The van der Waals surface area contributed by atoms with Crippen LogP contribution in [0.3, 0.4) is 0 Å². The fraction of sp³-hybridized carbons (Fsp3) is 0.600. The zero-order valence-corrected chi connectivity index (χ0v) is 11.6. The molecule has 1 saturated carbocycles. The van der Waals surface area contributed by atoms with E-state index in [0.29, 0.717) is 5.92 Å². The number of hydrogen-bond acceptors (Lipinski definition) is 2. The van der Waals surface area contributed by atoms with Gasteiger partial charge in [-0.15, -0.1) is 0 Å². The predicted octanol–water partition coefficient (Wildman–Crippen LogP) is 3.83. The van der Waals surface area contributed by atoms with Gasteiger partial charge in [-0.1, -0.05) is 24.4 Å². The molecule has 1 unspecified atom stereocenters. The summed E-state index contributed by atoms with van der Waals surface area (Å²) in [6, 6.07) is 5.65. The largest absolute Gasteiger partial charge is 0.496 e. The highest BCUT2D eigenvalue weighted by atomic mass is 35.5. The molecule has 3 heteroatoms. The van der Waals surface area contributed by atoms with Crippen molar-refractivity contribution in [1.82, 2.24) is 0 Å². The molecule has 100 valence electrons. The van der Waals surface area contributed by atoms with E-state index in [1.807, 2.05) is 18.2 Å². The van der Waals surface area contributed by atoms with Crippen LogP contribution in [0.1, 0.15) is 37.7 Å². The van der Waals surface area contributed by atoms with Crippen molar-refractivity contribution >= 4 is 11.6 Å². The third-order valence-electron chi connectivity index (χ3n) is 3.90. The average molecular weight is 269 g/mol. The van der Waals surface area contributed by atoms with E-state index in [1.165, 1.54) is 25.7 Å². The lowest BCUT2D eigenvalue weighted by Gasteiger charge is -2.18. The summed E-state index contributed by atoms with van der Waals surface area (Å²) in [5.41, 5.74) is 1.09. The number of hydrogen-bond donors (Lipinski definition) is 1. The van der Waals surface area contributed by atoms with Crippen molar-refractivity contribution in [2.45, 2.75) is 44.6 Å². The first kappa shape index (κ1) is 13.7. The van der Waals surface area contributed by atoms with Gasteiger partial charge in [0.2, 0.25) is 0 Å². The standard InChI is InChI=1S/C15H21ClO2/c1-18-15-9-7-13(16)10-12(15)6-8-14(17)11-4-2-3-5-11/h7,9-11,14,17H,2-6,8H2,1H3. The molecule has 0 bridgehead atoms. The highest BCUT2D eigenvalue weighted by Crippen LogP contribution is 2.31. The molecule has 0 saturated heterocycles. The molecular formula is C15H21ClO2. The van der Waals surface area contributed by atoms with Crippen LogP contribution in [0.5, 0.6) is 5.75 Å². The van der Waals surface area contributed by atoms with Gasteiger partial charge in [-0.25, -0.2) is 0 Å². The van der Waals surface area contributed by atoms with Crippen LogP contribution in [0, 0.1) is 5.92 Å². The quantitative estimate of drug-likeness (QED) is 0.879. The molecule has 2 nitrogen and oxygen atoms in total. The van der Waals surface area contributed by atoms with Crippen LogP contribution in [0.25, 0.3) is 0 Å². The minimum absolute atomic E-state index is 0.184. The van der Waals surface area contributed by atoms with Crippen molar-refractivity contribution in [3.8, 4) is 5.75 Å². The third-order valence-corrected chi connectivity index (χ3v) is 4.13. The van der Waals surface area contributed by atoms with E-state index < -0.39 is 0 Å². The van der Waals surface area contributed by atoms with Crippen LogP contribution in [-0.2, 0) is 6.42 Å². The lowest BCUT2D eigenvalue weighted by Crippen LogP contribution is -2.18. The molecular weight excluding hydrogens is 248 g/mol. The summed E-state index contributed by atoms with van der Waals surface area (Å²) in [5.74, 6) is 1.35. The Morgan fingerprint density at radius 1 is 1.39 bits per heavy atom. The van der Waals surface area contributed by atoms with Gasteiger partial charge in [-0.05, 0) is 55.4 Å². The molecule has 1 aromatic carbocycles. The molecule has 0 heterocycles. The second kappa shape index (κ2) is 6.44. The van der Waals surface area contributed by atoms with Crippen LogP contribution in [0.2, 0.25) is 5.02 Å². The van der Waals surface area contributed by atoms with Crippen molar-refractivity contribution in [3.05, 3.63) is 28.8 Å². The summed E-state index contributed by atoms with van der Waals surface area (Å²) in [5, 5.41) is 10.9. The monoisotopic (exact) mass is 268 g/mol. The van der Waals surface area contributed by atoms with Gasteiger partial charge in [0.1, 0.15) is 5.75 Å². The molecule has 0 radical (unpaired) electrons. The Bertz CT molecular complexity index is 386. The van der Waals surface area contributed by atoms with E-state index in [0.717, 1.165) is 29.2 Å². The Morgan fingerprint density at radius 3 is 2.78 bits per heavy atom. The summed E-state index contributed by atoms with van der Waals surface area (Å²) in [4.78, 5) is 0. The number of aryl methyl sites for hydroxylation is 1. The first-order chi connectivity index (χ1) is 8.70. The Balaban J connectivity index is 1.94. The Kier molecular flexibility index (Phi) is 4.90. The molecule has 0 aliphatic heterocycles. The predicted molar refractivity (Wildman–Crippen MR) is 74.3 cm³/mol. The zero-order chi connectivity index (χ0) is 13.0. The lowest BCUT2D eigenvalue weighted by molar-refractivity contribution is 0.102. The molecule has 2 rings (SSSR count). The number of benzene rings is 1. The van der Waals surface area contributed by atoms with Crippen molar-refractivity contribution in [2.24, 2.45) is 5.92 Å². The molecule has 1 aromatic rings. The molecule has 1 atom stereocenters. The molecule has 0 spiro atoms. The van der Waals surface area contributed by atoms with Crippen LogP contribution in [-0.4, -0.2) is 18.3 Å². The minimum Gasteiger partial charge on any atom is -0.496 e. The first-order valence-corrected chi connectivity index (χ1v) is 7.09. The second-order valence-electron chi connectivity index (χ2n) is 5.11. The van der Waals surface area contributed by atoms with Crippen molar-refractivity contribution in [3.63, 3.8) is 0 Å². The third kappa shape index (κ3) is 3.39. The van der Waals surface area contributed by atoms with E-state index in [2.05, 4.69) is 0 Å². The van der Waals surface area contributed by atoms with Crippen LogP contribution in [0.4, 0.5) is 0 Å². The summed E-state index contributed by atoms with van der Waals surface area (Å²) in [6.45, 7) is 0. The Morgan fingerprint density at radius 2 is 2.11 bits per heavy atom. The summed E-state index contributed by atoms with van der Waals surface area (Å²) >= 11 is 6.00. The fourth-order valence-electron chi connectivity index (χ4n) is 2.82. The average Bonchev–Trinajstić information content (AvgIpc) is 2.90. The Labute approximate surface area is 114 Å². The highest BCUT2D eigenvalue weighted by Gasteiger charge is 2.23. The molecule has 1 aliphatic rings. The maximum absolute atomic E-state index is 10.2. The maximum atomic E-state index is 10.2. The van der Waals surface area contributed by atoms with Crippen LogP contribution in [0.15, 0.2) is 18.2 Å². The van der Waals surface area contributed by atoms with Gasteiger partial charge in [-0.2, -0.15) is 0 Å². The lowest BCUT2D eigenvalue weighted by atomic mass is 9.95. The van der Waals surface area contributed by atoms with Crippen LogP contribution >= 0.6 is 11.6 Å². The van der Waals surface area contributed by atoms with Gasteiger partial charge in [0.25, 0.3) is 0 Å². The SMILES string of the molecule is COc1ccc(Cl)cc1CCC(O)C1CCCC1. The second-order valence-corrected chi connectivity index (χ2v) is 5.54. The van der Waals surface area contributed by atoms with Gasteiger partial charge in [0.15, 0.2) is 0 Å². The normalized spacial score (nSPS) is 17.9. The smallest absolute Gasteiger partial charge is 0.122 e. The van der Waals surface area contributed by atoms with Crippen LogP contribution < -0.4 is 4.74 Å². The minimum atomic E-state index is -0.184. The number of halogens is 1. The Hall–Kier alpha value is -0.730. The fourth-order valence-corrected chi connectivity index (χ4v) is 3.02. The molecule has 1 aliphatic carbocycles. The van der Waals surface area contributed by atoms with Crippen molar-refractivity contribution in [1.29, 1.82) is 0 Å². The number of aliphatic hydroxyl groups excluding tert-OH is 1.